The Hall–Kier alpha value is -2.52. The van der Waals surface area contributed by atoms with Crippen LogP contribution in [0.5, 0.6) is 0 Å². The van der Waals surface area contributed by atoms with Gasteiger partial charge in [-0.2, -0.15) is 9.82 Å². The third-order valence-corrected chi connectivity index (χ3v) is 5.98. The number of aromatic nitrogens is 4. The van der Waals surface area contributed by atoms with Gasteiger partial charge in [-0.05, 0) is 31.5 Å². The van der Waals surface area contributed by atoms with Crippen LogP contribution in [0, 0.1) is 19.7 Å². The highest BCUT2D eigenvalue weighted by molar-refractivity contribution is 7.89. The van der Waals surface area contributed by atoms with Gasteiger partial charge in [0.1, 0.15) is 22.6 Å². The molecule has 0 spiro atoms. The van der Waals surface area contributed by atoms with E-state index in [0.29, 0.717) is 22.8 Å². The molecule has 0 unspecified atom stereocenters. The number of nitrogens with one attached hydrogen (secondary N) is 1. The van der Waals surface area contributed by atoms with Crippen LogP contribution in [0.1, 0.15) is 28.8 Å². The molecule has 2 heterocycles. The van der Waals surface area contributed by atoms with Crippen molar-refractivity contribution >= 4 is 10.0 Å². The minimum Gasteiger partial charge on any atom is -0.336 e. The van der Waals surface area contributed by atoms with Gasteiger partial charge in [0.15, 0.2) is 0 Å². The largest absolute Gasteiger partial charge is 0.336 e. The first-order chi connectivity index (χ1) is 12.2. The van der Waals surface area contributed by atoms with E-state index >= 15 is 0 Å². The van der Waals surface area contributed by atoms with Crippen molar-refractivity contribution in [3.8, 4) is 0 Å². The average Bonchev–Trinajstić information content (AvgIpc) is 3.09. The van der Waals surface area contributed by atoms with Gasteiger partial charge in [0.2, 0.25) is 10.0 Å². The lowest BCUT2D eigenvalue weighted by atomic mass is 10.1. The fourth-order valence-electron chi connectivity index (χ4n) is 2.94. The van der Waals surface area contributed by atoms with E-state index in [1.807, 2.05) is 0 Å². The molecule has 1 aromatic carbocycles. The molecule has 0 bridgehead atoms. The molecule has 0 aliphatic carbocycles. The highest BCUT2D eigenvalue weighted by Gasteiger charge is 2.30. The molecule has 2 aromatic heterocycles. The number of halogens is 1. The molecule has 0 fully saturated rings. The average molecular weight is 377 g/mol. The number of aryl methyl sites for hydroxylation is 3. The molecular weight excluding hydrogens is 357 g/mol. The fraction of sp³-hybridized carbons (Fsp3) is 0.294. The van der Waals surface area contributed by atoms with Crippen molar-refractivity contribution in [3.63, 3.8) is 0 Å². The number of hydrogen-bond acceptors (Lipinski definition) is 4. The number of imidazole rings is 1. The zero-order valence-electron chi connectivity index (χ0n) is 14.9. The first kappa shape index (κ1) is 18.3. The minimum atomic E-state index is -3.88. The van der Waals surface area contributed by atoms with E-state index in [2.05, 4.69) is 14.8 Å². The Balaban J connectivity index is 2.08. The monoisotopic (exact) mass is 377 g/mol. The van der Waals surface area contributed by atoms with Crippen LogP contribution in [-0.4, -0.2) is 27.7 Å². The Labute approximate surface area is 151 Å². The Morgan fingerprint density at radius 3 is 2.31 bits per heavy atom. The summed E-state index contributed by atoms with van der Waals surface area (Å²) in [5.74, 6) is 0.105. The van der Waals surface area contributed by atoms with Crippen LogP contribution < -0.4 is 4.72 Å². The molecule has 3 aromatic rings. The molecule has 0 saturated carbocycles. The summed E-state index contributed by atoms with van der Waals surface area (Å²) in [6.07, 6.45) is 3.31. The first-order valence-electron chi connectivity index (χ1n) is 7.96. The molecule has 0 amide bonds. The molecule has 1 atom stereocenters. The Kier molecular flexibility index (Phi) is 4.68. The van der Waals surface area contributed by atoms with Crippen LogP contribution in [0.3, 0.4) is 0 Å². The first-order valence-corrected chi connectivity index (χ1v) is 9.44. The lowest BCUT2D eigenvalue weighted by molar-refractivity contribution is 0.561. The standard InChI is InChI=1S/C17H20FN5O2S/c1-11-16(12(2)23(4)20-11)26(24,25)21-15(17-19-9-10-22(17)3)13-5-7-14(18)8-6-13/h5-10,15,21H,1-4H3/t15-/m1/s1. The molecule has 0 radical (unpaired) electrons. The lowest BCUT2D eigenvalue weighted by Gasteiger charge is -2.19. The van der Waals surface area contributed by atoms with Gasteiger partial charge in [-0.15, -0.1) is 0 Å². The molecule has 0 saturated heterocycles. The van der Waals surface area contributed by atoms with Gasteiger partial charge in [0.05, 0.1) is 11.4 Å². The van der Waals surface area contributed by atoms with Crippen molar-refractivity contribution in [2.45, 2.75) is 24.8 Å². The van der Waals surface area contributed by atoms with Crippen molar-refractivity contribution in [2.75, 3.05) is 0 Å². The summed E-state index contributed by atoms with van der Waals surface area (Å²) in [4.78, 5) is 4.40. The summed E-state index contributed by atoms with van der Waals surface area (Å²) in [5.41, 5.74) is 1.53. The van der Waals surface area contributed by atoms with Gasteiger partial charge in [-0.3, -0.25) is 4.68 Å². The molecule has 0 aliphatic rings. The van der Waals surface area contributed by atoms with Crippen molar-refractivity contribution in [1.82, 2.24) is 24.1 Å². The topological polar surface area (TPSA) is 81.8 Å². The highest BCUT2D eigenvalue weighted by atomic mass is 32.2. The second kappa shape index (κ2) is 6.65. The van der Waals surface area contributed by atoms with Crippen LogP contribution in [0.2, 0.25) is 0 Å². The summed E-state index contributed by atoms with van der Waals surface area (Å²) in [7, 11) is -0.418. The number of rotatable bonds is 5. The lowest BCUT2D eigenvalue weighted by Crippen LogP contribution is -2.31. The van der Waals surface area contributed by atoms with E-state index in [4.69, 9.17) is 0 Å². The summed E-state index contributed by atoms with van der Waals surface area (Å²) < 4.78 is 45.4. The van der Waals surface area contributed by atoms with E-state index in [-0.39, 0.29) is 4.90 Å². The van der Waals surface area contributed by atoms with E-state index in [9.17, 15) is 12.8 Å². The van der Waals surface area contributed by atoms with Gasteiger partial charge in [-0.1, -0.05) is 12.1 Å². The van der Waals surface area contributed by atoms with Gasteiger partial charge in [-0.25, -0.2) is 17.8 Å². The summed E-state index contributed by atoms with van der Waals surface area (Å²) >= 11 is 0. The van der Waals surface area contributed by atoms with Crippen molar-refractivity contribution in [1.29, 1.82) is 0 Å². The molecule has 7 nitrogen and oxygen atoms in total. The number of sulfonamides is 1. The van der Waals surface area contributed by atoms with Gasteiger partial charge in [0.25, 0.3) is 0 Å². The molecular formula is C17H20FN5O2S. The van der Waals surface area contributed by atoms with Crippen LogP contribution in [-0.2, 0) is 24.1 Å². The Morgan fingerprint density at radius 2 is 1.81 bits per heavy atom. The minimum absolute atomic E-state index is 0.140. The molecule has 138 valence electrons. The van der Waals surface area contributed by atoms with E-state index in [1.165, 1.54) is 16.8 Å². The summed E-state index contributed by atoms with van der Waals surface area (Å²) in [6.45, 7) is 3.34. The highest BCUT2D eigenvalue weighted by Crippen LogP contribution is 2.26. The van der Waals surface area contributed by atoms with Gasteiger partial charge < -0.3 is 4.57 Å². The second-order valence-corrected chi connectivity index (χ2v) is 7.78. The molecule has 3 rings (SSSR count). The SMILES string of the molecule is Cc1nn(C)c(C)c1S(=O)(=O)N[C@H](c1ccc(F)cc1)c1nccn1C. The second-order valence-electron chi connectivity index (χ2n) is 6.13. The third-order valence-electron chi connectivity index (χ3n) is 4.30. The fourth-order valence-corrected chi connectivity index (χ4v) is 4.56. The quantitative estimate of drug-likeness (QED) is 0.737. The molecule has 9 heteroatoms. The molecule has 0 aliphatic heterocycles. The summed E-state index contributed by atoms with van der Waals surface area (Å²) in [6, 6.07) is 4.90. The van der Waals surface area contributed by atoms with Crippen LogP contribution in [0.25, 0.3) is 0 Å². The smallest absolute Gasteiger partial charge is 0.245 e. The summed E-state index contributed by atoms with van der Waals surface area (Å²) in [5, 5.41) is 4.18. The van der Waals surface area contributed by atoms with Crippen LogP contribution in [0.15, 0.2) is 41.6 Å². The molecule has 26 heavy (non-hydrogen) atoms. The molecule has 1 N–H and O–H groups in total. The number of benzene rings is 1. The van der Waals surface area contributed by atoms with E-state index < -0.39 is 21.9 Å². The van der Waals surface area contributed by atoms with E-state index in [1.54, 1.807) is 57.0 Å². The third kappa shape index (κ3) is 3.27. The van der Waals surface area contributed by atoms with Gasteiger partial charge >= 0.3 is 0 Å². The van der Waals surface area contributed by atoms with Crippen LogP contribution >= 0.6 is 0 Å². The zero-order valence-corrected chi connectivity index (χ0v) is 15.7. The Morgan fingerprint density at radius 1 is 1.15 bits per heavy atom. The maximum Gasteiger partial charge on any atom is 0.245 e. The number of nitrogens with zero attached hydrogens (tertiary/aromatic N) is 4. The Bertz CT molecular complexity index is 1040. The van der Waals surface area contributed by atoms with Crippen molar-refractivity contribution < 1.29 is 12.8 Å². The predicted molar refractivity (Wildman–Crippen MR) is 94.5 cm³/mol. The van der Waals surface area contributed by atoms with Crippen molar-refractivity contribution in [3.05, 3.63) is 65.3 Å². The number of hydrogen-bond donors (Lipinski definition) is 1. The normalized spacial score (nSPS) is 13.1. The van der Waals surface area contributed by atoms with Crippen LogP contribution in [0.4, 0.5) is 4.39 Å². The van der Waals surface area contributed by atoms with E-state index in [0.717, 1.165) is 0 Å². The van der Waals surface area contributed by atoms with Crippen molar-refractivity contribution in [2.24, 2.45) is 14.1 Å². The predicted octanol–water partition coefficient (Wildman–Crippen LogP) is 1.98. The maximum atomic E-state index is 13.3. The zero-order chi connectivity index (χ0) is 19.1. The maximum absolute atomic E-state index is 13.3. The van der Waals surface area contributed by atoms with Gasteiger partial charge in [0, 0.05) is 26.5 Å².